The van der Waals surface area contributed by atoms with Crippen LogP contribution in [0.4, 0.5) is 0 Å². The van der Waals surface area contributed by atoms with Gasteiger partial charge in [-0.3, -0.25) is 4.90 Å². The van der Waals surface area contributed by atoms with Crippen LogP contribution in [0.2, 0.25) is 0 Å². The molecule has 0 saturated carbocycles. The van der Waals surface area contributed by atoms with Crippen molar-refractivity contribution in [2.45, 2.75) is 33.2 Å². The molecule has 3 heteroatoms. The highest BCUT2D eigenvalue weighted by molar-refractivity contribution is 5.64. The standard InChI is InChI=1S/C17H21N3/c1-3-5-10-20(4-2)14-17-9-7-6-8-16(17)11-15(12-18)13-19/h6-9,11H,3-5,10,14H2,1-2H3. The van der Waals surface area contributed by atoms with Gasteiger partial charge >= 0.3 is 0 Å². The minimum absolute atomic E-state index is 0.147. The number of nitrogens with zero attached hydrogens (tertiary/aromatic N) is 3. The summed E-state index contributed by atoms with van der Waals surface area (Å²) in [4.78, 5) is 2.38. The molecule has 0 aliphatic carbocycles. The lowest BCUT2D eigenvalue weighted by Gasteiger charge is -2.21. The Morgan fingerprint density at radius 3 is 2.50 bits per heavy atom. The van der Waals surface area contributed by atoms with Crippen LogP contribution in [0.5, 0.6) is 0 Å². The highest BCUT2D eigenvalue weighted by Gasteiger charge is 2.06. The Labute approximate surface area is 121 Å². The molecule has 0 aliphatic rings. The van der Waals surface area contributed by atoms with Crippen molar-refractivity contribution in [3.63, 3.8) is 0 Å². The molecule has 0 aromatic heterocycles. The number of allylic oxidation sites excluding steroid dienone is 1. The minimum atomic E-state index is 0.147. The van der Waals surface area contributed by atoms with Gasteiger partial charge in [0.05, 0.1) is 0 Å². The summed E-state index contributed by atoms with van der Waals surface area (Å²) in [5, 5.41) is 17.7. The second-order valence-electron chi connectivity index (χ2n) is 4.70. The maximum atomic E-state index is 8.87. The van der Waals surface area contributed by atoms with Crippen LogP contribution in [-0.4, -0.2) is 18.0 Å². The van der Waals surface area contributed by atoms with Gasteiger partial charge in [-0.1, -0.05) is 44.5 Å². The summed E-state index contributed by atoms with van der Waals surface area (Å²) in [6.07, 6.45) is 4.04. The van der Waals surface area contributed by atoms with Crippen LogP contribution in [0.15, 0.2) is 29.8 Å². The van der Waals surface area contributed by atoms with Crippen LogP contribution in [-0.2, 0) is 6.54 Å². The molecule has 0 atom stereocenters. The van der Waals surface area contributed by atoms with E-state index in [0.29, 0.717) is 0 Å². The summed E-state index contributed by atoms with van der Waals surface area (Å²) in [6.45, 7) is 7.28. The van der Waals surface area contributed by atoms with Crippen LogP contribution in [0.25, 0.3) is 6.08 Å². The predicted octanol–water partition coefficient (Wildman–Crippen LogP) is 3.74. The second kappa shape index (κ2) is 8.91. The van der Waals surface area contributed by atoms with Gasteiger partial charge in [0.1, 0.15) is 17.7 Å². The summed E-state index contributed by atoms with van der Waals surface area (Å²) >= 11 is 0. The molecule has 0 N–H and O–H groups in total. The third-order valence-electron chi connectivity index (χ3n) is 3.26. The first-order valence-corrected chi connectivity index (χ1v) is 7.07. The van der Waals surface area contributed by atoms with E-state index in [-0.39, 0.29) is 5.57 Å². The molecule has 0 unspecified atom stereocenters. The average Bonchev–Trinajstić information content (AvgIpc) is 2.50. The number of rotatable bonds is 7. The van der Waals surface area contributed by atoms with Crippen molar-refractivity contribution in [1.82, 2.24) is 4.90 Å². The van der Waals surface area contributed by atoms with Crippen molar-refractivity contribution in [2.75, 3.05) is 13.1 Å². The first-order chi connectivity index (χ1) is 9.74. The highest BCUT2D eigenvalue weighted by Crippen LogP contribution is 2.15. The van der Waals surface area contributed by atoms with Crippen molar-refractivity contribution in [3.05, 3.63) is 41.0 Å². The molecule has 0 heterocycles. The highest BCUT2D eigenvalue weighted by atomic mass is 15.1. The SMILES string of the molecule is CCCCN(CC)Cc1ccccc1C=C(C#N)C#N. The van der Waals surface area contributed by atoms with Crippen LogP contribution < -0.4 is 0 Å². The minimum Gasteiger partial charge on any atom is -0.299 e. The average molecular weight is 267 g/mol. The normalized spacial score (nSPS) is 9.85. The van der Waals surface area contributed by atoms with Crippen LogP contribution >= 0.6 is 0 Å². The van der Waals surface area contributed by atoms with E-state index in [2.05, 4.69) is 24.8 Å². The quantitative estimate of drug-likeness (QED) is 0.707. The van der Waals surface area contributed by atoms with Gasteiger partial charge in [0, 0.05) is 6.54 Å². The van der Waals surface area contributed by atoms with Crippen LogP contribution in [0.1, 0.15) is 37.8 Å². The molecule has 0 bridgehead atoms. The van der Waals surface area contributed by atoms with Gasteiger partial charge in [0.15, 0.2) is 0 Å². The largest absolute Gasteiger partial charge is 0.299 e. The number of benzene rings is 1. The van der Waals surface area contributed by atoms with Crippen LogP contribution in [0.3, 0.4) is 0 Å². The maximum Gasteiger partial charge on any atom is 0.130 e. The molecule has 0 spiro atoms. The molecule has 0 fully saturated rings. The van der Waals surface area contributed by atoms with E-state index in [4.69, 9.17) is 10.5 Å². The molecule has 20 heavy (non-hydrogen) atoms. The lowest BCUT2D eigenvalue weighted by atomic mass is 10.0. The Morgan fingerprint density at radius 2 is 1.90 bits per heavy atom. The fourth-order valence-electron chi connectivity index (χ4n) is 2.04. The molecule has 0 amide bonds. The van der Waals surface area contributed by atoms with E-state index in [9.17, 15) is 0 Å². The Morgan fingerprint density at radius 1 is 1.20 bits per heavy atom. The Bertz CT molecular complexity index is 516. The fraction of sp³-hybridized carbons (Fsp3) is 0.412. The molecule has 1 aromatic carbocycles. The van der Waals surface area contributed by atoms with E-state index in [0.717, 1.165) is 30.8 Å². The number of hydrogen-bond donors (Lipinski definition) is 0. The van der Waals surface area contributed by atoms with Gasteiger partial charge in [-0.2, -0.15) is 10.5 Å². The zero-order chi connectivity index (χ0) is 14.8. The van der Waals surface area contributed by atoms with Crippen molar-refractivity contribution in [3.8, 4) is 12.1 Å². The van der Waals surface area contributed by atoms with E-state index in [1.54, 1.807) is 6.08 Å². The first kappa shape index (κ1) is 16.0. The topological polar surface area (TPSA) is 50.8 Å². The zero-order valence-corrected chi connectivity index (χ0v) is 12.3. The molecule has 0 aliphatic heterocycles. The van der Waals surface area contributed by atoms with Crippen molar-refractivity contribution in [2.24, 2.45) is 0 Å². The lowest BCUT2D eigenvalue weighted by molar-refractivity contribution is 0.275. The van der Waals surface area contributed by atoms with Crippen molar-refractivity contribution < 1.29 is 0 Å². The molecule has 0 radical (unpaired) electrons. The Balaban J connectivity index is 2.93. The fourth-order valence-corrected chi connectivity index (χ4v) is 2.04. The number of hydrogen-bond acceptors (Lipinski definition) is 3. The zero-order valence-electron chi connectivity index (χ0n) is 12.3. The van der Waals surface area contributed by atoms with Crippen molar-refractivity contribution in [1.29, 1.82) is 10.5 Å². The molecule has 0 saturated heterocycles. The number of nitriles is 2. The number of unbranched alkanes of at least 4 members (excludes halogenated alkanes) is 1. The van der Waals surface area contributed by atoms with Crippen molar-refractivity contribution >= 4 is 6.08 Å². The van der Waals surface area contributed by atoms with Crippen LogP contribution in [0, 0.1) is 22.7 Å². The monoisotopic (exact) mass is 267 g/mol. The van der Waals surface area contributed by atoms with Gasteiger partial charge in [-0.25, -0.2) is 0 Å². The van der Waals surface area contributed by atoms with E-state index in [1.165, 1.54) is 12.8 Å². The third-order valence-corrected chi connectivity index (χ3v) is 3.26. The maximum absolute atomic E-state index is 8.87. The Kier molecular flexibility index (Phi) is 7.11. The van der Waals surface area contributed by atoms with Gasteiger partial charge < -0.3 is 0 Å². The summed E-state index contributed by atoms with van der Waals surface area (Å²) in [5.74, 6) is 0. The summed E-state index contributed by atoms with van der Waals surface area (Å²) in [6, 6.07) is 11.8. The second-order valence-corrected chi connectivity index (χ2v) is 4.70. The van der Waals surface area contributed by atoms with Gasteiger partial charge in [-0.15, -0.1) is 0 Å². The molecule has 1 rings (SSSR count). The van der Waals surface area contributed by atoms with E-state index >= 15 is 0 Å². The van der Waals surface area contributed by atoms with Gasteiger partial charge in [-0.05, 0) is 36.7 Å². The Hall–Kier alpha value is -2.10. The van der Waals surface area contributed by atoms with E-state index < -0.39 is 0 Å². The van der Waals surface area contributed by atoms with Gasteiger partial charge in [0.25, 0.3) is 0 Å². The predicted molar refractivity (Wildman–Crippen MR) is 81.5 cm³/mol. The molecule has 3 nitrogen and oxygen atoms in total. The molecule has 104 valence electrons. The summed E-state index contributed by atoms with van der Waals surface area (Å²) < 4.78 is 0. The molecular weight excluding hydrogens is 246 g/mol. The lowest BCUT2D eigenvalue weighted by Crippen LogP contribution is -2.24. The first-order valence-electron chi connectivity index (χ1n) is 7.07. The summed E-state index contributed by atoms with van der Waals surface area (Å²) in [7, 11) is 0. The van der Waals surface area contributed by atoms with Gasteiger partial charge in [0.2, 0.25) is 0 Å². The molecular formula is C17H21N3. The smallest absolute Gasteiger partial charge is 0.130 e. The van der Waals surface area contributed by atoms with E-state index in [1.807, 2.05) is 30.3 Å². The molecule has 1 aromatic rings. The summed E-state index contributed by atoms with van der Waals surface area (Å²) in [5.41, 5.74) is 2.27. The third kappa shape index (κ3) is 4.88.